The predicted octanol–water partition coefficient (Wildman–Crippen LogP) is 4.19. The highest BCUT2D eigenvalue weighted by molar-refractivity contribution is 5.60. The fraction of sp³-hybridized carbons (Fsp3) is 0.529. The molecule has 1 nitrogen and oxygen atoms in total. The Balaban J connectivity index is 1.88. The van der Waals surface area contributed by atoms with E-state index in [0.29, 0.717) is 5.92 Å². The Morgan fingerprint density at radius 3 is 2.56 bits per heavy atom. The van der Waals surface area contributed by atoms with Gasteiger partial charge in [0.05, 0.1) is 0 Å². The molecule has 3 rings (SSSR count). The first-order chi connectivity index (χ1) is 8.74. The van der Waals surface area contributed by atoms with Gasteiger partial charge in [0, 0.05) is 18.8 Å². The van der Waals surface area contributed by atoms with Gasteiger partial charge in [0.15, 0.2) is 0 Å². The third-order valence-electron chi connectivity index (χ3n) is 4.32. The fourth-order valence-electron chi connectivity index (χ4n) is 3.11. The Kier molecular flexibility index (Phi) is 3.15. The van der Waals surface area contributed by atoms with Crippen molar-refractivity contribution in [2.24, 2.45) is 0 Å². The quantitative estimate of drug-likeness (QED) is 0.750. The molecule has 0 aromatic heterocycles. The molecule has 0 radical (unpaired) electrons. The molecule has 18 heavy (non-hydrogen) atoms. The smallest absolute Gasteiger partial charge is 0.0175 e. The number of benzene rings is 1. The Morgan fingerprint density at radius 1 is 1.06 bits per heavy atom. The van der Waals surface area contributed by atoms with Gasteiger partial charge in [0.1, 0.15) is 0 Å². The molecular formula is C17H23N. The van der Waals surface area contributed by atoms with E-state index in [0.717, 1.165) is 0 Å². The monoisotopic (exact) mass is 241 g/mol. The average Bonchev–Trinajstić information content (AvgIpc) is 2.91. The largest absolute Gasteiger partial charge is 0.375 e. The molecule has 96 valence electrons. The van der Waals surface area contributed by atoms with Crippen LogP contribution in [0.25, 0.3) is 6.08 Å². The lowest BCUT2D eigenvalue weighted by molar-refractivity contribution is 0.411. The number of allylic oxidation sites excluding steroid dienone is 1. The normalized spacial score (nSPS) is 19.1. The number of aryl methyl sites for hydroxylation is 1. The molecule has 0 spiro atoms. The number of likely N-dealkylation sites (tertiary alicyclic amines) is 1. The Labute approximate surface area is 111 Å². The number of nitrogens with zero attached hydrogens (tertiary/aromatic N) is 1. The molecule has 1 aliphatic heterocycles. The molecule has 0 saturated carbocycles. The van der Waals surface area contributed by atoms with E-state index >= 15 is 0 Å². The number of hydrogen-bond donors (Lipinski definition) is 0. The minimum atomic E-state index is 0.638. The molecule has 1 aromatic carbocycles. The topological polar surface area (TPSA) is 3.24 Å². The second-order valence-electron chi connectivity index (χ2n) is 5.94. The van der Waals surface area contributed by atoms with Gasteiger partial charge in [-0.25, -0.2) is 0 Å². The average molecular weight is 241 g/mol. The summed E-state index contributed by atoms with van der Waals surface area (Å²) in [6.45, 7) is 7.09. The zero-order valence-corrected chi connectivity index (χ0v) is 11.6. The highest BCUT2D eigenvalue weighted by atomic mass is 15.1. The minimum absolute atomic E-state index is 0.638. The Bertz CT molecular complexity index is 464. The van der Waals surface area contributed by atoms with E-state index in [2.05, 4.69) is 43.0 Å². The van der Waals surface area contributed by atoms with Gasteiger partial charge < -0.3 is 4.90 Å². The van der Waals surface area contributed by atoms with Crippen molar-refractivity contribution in [1.29, 1.82) is 0 Å². The van der Waals surface area contributed by atoms with Crippen LogP contribution in [0.2, 0.25) is 0 Å². The van der Waals surface area contributed by atoms with Gasteiger partial charge in [0.2, 0.25) is 0 Å². The van der Waals surface area contributed by atoms with Crippen LogP contribution in [-0.4, -0.2) is 18.0 Å². The van der Waals surface area contributed by atoms with Crippen LogP contribution in [0.4, 0.5) is 0 Å². The van der Waals surface area contributed by atoms with Gasteiger partial charge >= 0.3 is 0 Å². The summed E-state index contributed by atoms with van der Waals surface area (Å²) < 4.78 is 0. The summed E-state index contributed by atoms with van der Waals surface area (Å²) in [5.74, 6) is 0.638. The minimum Gasteiger partial charge on any atom is -0.375 e. The highest BCUT2D eigenvalue weighted by Gasteiger charge is 2.18. The van der Waals surface area contributed by atoms with Crippen molar-refractivity contribution in [3.63, 3.8) is 0 Å². The van der Waals surface area contributed by atoms with Crippen LogP contribution in [0.15, 0.2) is 23.9 Å². The Morgan fingerprint density at radius 2 is 1.83 bits per heavy atom. The molecule has 0 amide bonds. The van der Waals surface area contributed by atoms with Gasteiger partial charge in [-0.15, -0.1) is 0 Å². The van der Waals surface area contributed by atoms with E-state index in [1.54, 1.807) is 11.3 Å². The van der Waals surface area contributed by atoms with E-state index in [1.807, 2.05) is 0 Å². The van der Waals surface area contributed by atoms with Crippen molar-refractivity contribution >= 4 is 6.08 Å². The van der Waals surface area contributed by atoms with Crippen molar-refractivity contribution in [3.8, 4) is 0 Å². The van der Waals surface area contributed by atoms with E-state index in [-0.39, 0.29) is 0 Å². The SMILES string of the molecule is CC(C)c1ccc2c(c1)CCC(N1CCCC1)=C2. The molecule has 1 heteroatoms. The lowest BCUT2D eigenvalue weighted by Gasteiger charge is -2.26. The van der Waals surface area contributed by atoms with E-state index in [4.69, 9.17) is 0 Å². The molecule has 0 N–H and O–H groups in total. The van der Waals surface area contributed by atoms with Crippen LogP contribution in [0.5, 0.6) is 0 Å². The summed E-state index contributed by atoms with van der Waals surface area (Å²) in [7, 11) is 0. The maximum Gasteiger partial charge on any atom is 0.0175 e. The van der Waals surface area contributed by atoms with E-state index in [1.165, 1.54) is 49.9 Å². The maximum absolute atomic E-state index is 2.58. The van der Waals surface area contributed by atoms with Crippen LogP contribution in [0.1, 0.15) is 55.7 Å². The van der Waals surface area contributed by atoms with Crippen LogP contribution >= 0.6 is 0 Å². The first-order valence-electron chi connectivity index (χ1n) is 7.32. The van der Waals surface area contributed by atoms with Crippen molar-refractivity contribution in [2.75, 3.05) is 13.1 Å². The van der Waals surface area contributed by atoms with E-state index in [9.17, 15) is 0 Å². The first-order valence-corrected chi connectivity index (χ1v) is 7.32. The van der Waals surface area contributed by atoms with Gasteiger partial charge in [-0.05, 0) is 54.4 Å². The summed E-state index contributed by atoms with van der Waals surface area (Å²) in [5, 5.41) is 0. The molecule has 1 aliphatic carbocycles. The molecule has 1 fully saturated rings. The molecular weight excluding hydrogens is 218 g/mol. The van der Waals surface area contributed by atoms with Crippen LogP contribution < -0.4 is 0 Å². The standard InChI is InChI=1S/C17H23N/c1-13(2)14-5-6-16-12-17(8-7-15(16)11-14)18-9-3-4-10-18/h5-6,11-13H,3-4,7-10H2,1-2H3. The zero-order valence-electron chi connectivity index (χ0n) is 11.6. The summed E-state index contributed by atoms with van der Waals surface area (Å²) in [5.41, 5.74) is 6.04. The zero-order chi connectivity index (χ0) is 12.5. The second kappa shape index (κ2) is 4.79. The molecule has 0 bridgehead atoms. The second-order valence-corrected chi connectivity index (χ2v) is 5.94. The predicted molar refractivity (Wildman–Crippen MR) is 77.6 cm³/mol. The van der Waals surface area contributed by atoms with Crippen LogP contribution in [-0.2, 0) is 6.42 Å². The maximum atomic E-state index is 2.58. The van der Waals surface area contributed by atoms with Gasteiger partial charge in [-0.3, -0.25) is 0 Å². The number of fused-ring (bicyclic) bond motifs is 1. The van der Waals surface area contributed by atoms with Gasteiger partial charge in [-0.2, -0.15) is 0 Å². The van der Waals surface area contributed by atoms with Crippen LogP contribution in [0.3, 0.4) is 0 Å². The van der Waals surface area contributed by atoms with Crippen molar-refractivity contribution in [1.82, 2.24) is 4.90 Å². The first kappa shape index (κ1) is 11.8. The molecule has 0 unspecified atom stereocenters. The van der Waals surface area contributed by atoms with Gasteiger partial charge in [0.25, 0.3) is 0 Å². The fourth-order valence-corrected chi connectivity index (χ4v) is 3.11. The molecule has 1 aromatic rings. The summed E-state index contributed by atoms with van der Waals surface area (Å²) in [6, 6.07) is 7.03. The lowest BCUT2D eigenvalue weighted by atomic mass is 9.90. The summed E-state index contributed by atoms with van der Waals surface area (Å²) in [6.07, 6.45) is 7.62. The molecule has 1 saturated heterocycles. The molecule has 0 atom stereocenters. The third-order valence-corrected chi connectivity index (χ3v) is 4.32. The summed E-state index contributed by atoms with van der Waals surface area (Å²) >= 11 is 0. The van der Waals surface area contributed by atoms with Crippen LogP contribution in [0, 0.1) is 0 Å². The highest BCUT2D eigenvalue weighted by Crippen LogP contribution is 2.30. The number of rotatable bonds is 2. The van der Waals surface area contributed by atoms with Crippen molar-refractivity contribution in [3.05, 3.63) is 40.6 Å². The lowest BCUT2D eigenvalue weighted by Crippen LogP contribution is -2.20. The number of hydrogen-bond acceptors (Lipinski definition) is 1. The van der Waals surface area contributed by atoms with E-state index < -0.39 is 0 Å². The third kappa shape index (κ3) is 2.19. The Hall–Kier alpha value is -1.24. The van der Waals surface area contributed by atoms with Crippen molar-refractivity contribution < 1.29 is 0 Å². The van der Waals surface area contributed by atoms with Crippen molar-refractivity contribution in [2.45, 2.75) is 45.4 Å². The molecule has 1 heterocycles. The van der Waals surface area contributed by atoms with Gasteiger partial charge in [-0.1, -0.05) is 32.0 Å². The summed E-state index contributed by atoms with van der Waals surface area (Å²) in [4.78, 5) is 2.58. The molecule has 2 aliphatic rings.